The Labute approximate surface area is 132 Å². The number of nitrogens with zero attached hydrogens (tertiary/aromatic N) is 3. The van der Waals surface area contributed by atoms with Crippen molar-refractivity contribution in [3.63, 3.8) is 0 Å². The highest BCUT2D eigenvalue weighted by Crippen LogP contribution is 2.28. The van der Waals surface area contributed by atoms with Gasteiger partial charge in [0, 0.05) is 16.8 Å². The van der Waals surface area contributed by atoms with Crippen molar-refractivity contribution < 1.29 is 0 Å². The number of aromatic nitrogens is 2. The first-order valence-electron chi connectivity index (χ1n) is 6.41. The zero-order chi connectivity index (χ0) is 14.7. The van der Waals surface area contributed by atoms with E-state index in [2.05, 4.69) is 34.2 Å². The van der Waals surface area contributed by atoms with E-state index in [-0.39, 0.29) is 0 Å². The topological polar surface area (TPSA) is 38.1 Å². The molecular formula is C16H12ClN3S. The van der Waals surface area contributed by atoms with Crippen molar-refractivity contribution in [3.05, 3.63) is 64.7 Å². The fourth-order valence-corrected chi connectivity index (χ4v) is 2.65. The summed E-state index contributed by atoms with van der Waals surface area (Å²) >= 11 is 7.32. The van der Waals surface area contributed by atoms with Crippen molar-refractivity contribution in [3.8, 4) is 10.6 Å². The SMILES string of the molecule is Cc1cccc(-c2nnc(/N=C/c3ccc(Cl)cc3)s2)c1. The van der Waals surface area contributed by atoms with Gasteiger partial charge in [0.15, 0.2) is 0 Å². The third-order valence-electron chi connectivity index (χ3n) is 2.87. The van der Waals surface area contributed by atoms with Crippen LogP contribution in [-0.4, -0.2) is 16.4 Å². The number of halogens is 1. The van der Waals surface area contributed by atoms with Crippen molar-refractivity contribution in [1.29, 1.82) is 0 Å². The van der Waals surface area contributed by atoms with Crippen LogP contribution in [-0.2, 0) is 0 Å². The van der Waals surface area contributed by atoms with E-state index in [1.807, 2.05) is 36.4 Å². The first-order valence-corrected chi connectivity index (χ1v) is 7.60. The zero-order valence-corrected chi connectivity index (χ0v) is 12.9. The molecule has 0 aliphatic carbocycles. The molecule has 0 saturated carbocycles. The van der Waals surface area contributed by atoms with E-state index in [4.69, 9.17) is 11.6 Å². The highest BCUT2D eigenvalue weighted by molar-refractivity contribution is 7.18. The Morgan fingerprint density at radius 3 is 2.67 bits per heavy atom. The minimum absolute atomic E-state index is 0.640. The molecule has 104 valence electrons. The number of benzene rings is 2. The van der Waals surface area contributed by atoms with E-state index in [0.717, 1.165) is 16.1 Å². The Bertz CT molecular complexity index is 778. The van der Waals surface area contributed by atoms with E-state index in [0.29, 0.717) is 10.2 Å². The summed E-state index contributed by atoms with van der Waals surface area (Å²) in [5.74, 6) is 0. The maximum Gasteiger partial charge on any atom is 0.231 e. The second-order valence-electron chi connectivity index (χ2n) is 4.57. The molecule has 0 spiro atoms. The standard InChI is InChI=1S/C16H12ClN3S/c1-11-3-2-4-13(9-11)15-19-20-16(21-15)18-10-12-5-7-14(17)8-6-12/h2-10H,1H3/b18-10+. The monoisotopic (exact) mass is 313 g/mol. The van der Waals surface area contributed by atoms with Gasteiger partial charge in [-0.2, -0.15) is 0 Å². The molecule has 0 aliphatic heterocycles. The predicted molar refractivity (Wildman–Crippen MR) is 88.8 cm³/mol. The summed E-state index contributed by atoms with van der Waals surface area (Å²) in [7, 11) is 0. The maximum atomic E-state index is 5.85. The smallest absolute Gasteiger partial charge is 0.226 e. The molecular weight excluding hydrogens is 302 g/mol. The molecule has 2 aromatic carbocycles. The average Bonchev–Trinajstić information content (AvgIpc) is 2.96. The van der Waals surface area contributed by atoms with Crippen LogP contribution in [0.1, 0.15) is 11.1 Å². The average molecular weight is 314 g/mol. The Balaban J connectivity index is 1.80. The fraction of sp³-hybridized carbons (Fsp3) is 0.0625. The molecule has 0 unspecified atom stereocenters. The van der Waals surface area contributed by atoms with Gasteiger partial charge in [-0.25, -0.2) is 4.99 Å². The van der Waals surface area contributed by atoms with Gasteiger partial charge in [-0.15, -0.1) is 10.2 Å². The van der Waals surface area contributed by atoms with Crippen molar-refractivity contribution in [2.24, 2.45) is 4.99 Å². The Hall–Kier alpha value is -2.04. The summed E-state index contributed by atoms with van der Waals surface area (Å²) in [5.41, 5.74) is 3.25. The lowest BCUT2D eigenvalue weighted by Gasteiger charge is -1.95. The summed E-state index contributed by atoms with van der Waals surface area (Å²) < 4.78 is 0. The van der Waals surface area contributed by atoms with Crippen LogP contribution in [0.3, 0.4) is 0 Å². The molecule has 1 aromatic heterocycles. The third-order valence-corrected chi connectivity index (χ3v) is 4.01. The second kappa shape index (κ2) is 6.16. The van der Waals surface area contributed by atoms with Gasteiger partial charge in [-0.3, -0.25) is 0 Å². The molecule has 0 N–H and O–H groups in total. The molecule has 3 rings (SSSR count). The lowest BCUT2D eigenvalue weighted by Crippen LogP contribution is -1.79. The molecule has 21 heavy (non-hydrogen) atoms. The molecule has 0 radical (unpaired) electrons. The van der Waals surface area contributed by atoms with Crippen molar-refractivity contribution >= 4 is 34.3 Å². The quantitative estimate of drug-likeness (QED) is 0.644. The Morgan fingerprint density at radius 2 is 1.90 bits per heavy atom. The molecule has 1 heterocycles. The molecule has 0 saturated heterocycles. The lowest BCUT2D eigenvalue weighted by atomic mass is 10.1. The van der Waals surface area contributed by atoms with Crippen LogP contribution in [0, 0.1) is 6.92 Å². The number of aryl methyl sites for hydroxylation is 1. The molecule has 3 nitrogen and oxygen atoms in total. The van der Waals surface area contributed by atoms with Gasteiger partial charge in [0.2, 0.25) is 5.13 Å². The minimum Gasteiger partial charge on any atom is -0.226 e. The lowest BCUT2D eigenvalue weighted by molar-refractivity contribution is 1.09. The molecule has 0 aliphatic rings. The number of hydrogen-bond acceptors (Lipinski definition) is 4. The largest absolute Gasteiger partial charge is 0.231 e. The van der Waals surface area contributed by atoms with Gasteiger partial charge in [-0.05, 0) is 30.7 Å². The number of hydrogen-bond donors (Lipinski definition) is 0. The highest BCUT2D eigenvalue weighted by Gasteiger charge is 2.05. The predicted octanol–water partition coefficient (Wildman–Crippen LogP) is 4.92. The third kappa shape index (κ3) is 3.54. The number of aliphatic imine (C=N–C) groups is 1. The van der Waals surface area contributed by atoms with Crippen LogP contribution < -0.4 is 0 Å². The Kier molecular flexibility index (Phi) is 4.08. The van der Waals surface area contributed by atoms with E-state index in [1.165, 1.54) is 16.9 Å². The van der Waals surface area contributed by atoms with Gasteiger partial charge < -0.3 is 0 Å². The fourth-order valence-electron chi connectivity index (χ4n) is 1.84. The summed E-state index contributed by atoms with van der Waals surface area (Å²) in [6.07, 6.45) is 1.76. The van der Waals surface area contributed by atoms with Crippen LogP contribution >= 0.6 is 22.9 Å². The van der Waals surface area contributed by atoms with E-state index in [9.17, 15) is 0 Å². The van der Waals surface area contributed by atoms with E-state index >= 15 is 0 Å². The van der Waals surface area contributed by atoms with E-state index < -0.39 is 0 Å². The molecule has 0 bridgehead atoms. The molecule has 5 heteroatoms. The van der Waals surface area contributed by atoms with Gasteiger partial charge in [0.05, 0.1) is 0 Å². The van der Waals surface area contributed by atoms with Crippen molar-refractivity contribution in [1.82, 2.24) is 10.2 Å². The minimum atomic E-state index is 0.640. The molecule has 0 fully saturated rings. The summed E-state index contributed by atoms with van der Waals surface area (Å²) in [4.78, 5) is 4.35. The second-order valence-corrected chi connectivity index (χ2v) is 5.96. The first kappa shape index (κ1) is 13.9. The summed E-state index contributed by atoms with van der Waals surface area (Å²) in [6, 6.07) is 15.7. The van der Waals surface area contributed by atoms with E-state index in [1.54, 1.807) is 6.21 Å². The van der Waals surface area contributed by atoms with Crippen LogP contribution in [0.5, 0.6) is 0 Å². The highest BCUT2D eigenvalue weighted by atomic mass is 35.5. The van der Waals surface area contributed by atoms with Crippen LogP contribution in [0.15, 0.2) is 53.5 Å². The summed E-state index contributed by atoms with van der Waals surface area (Å²) in [5, 5.41) is 10.5. The Morgan fingerprint density at radius 1 is 1.10 bits per heavy atom. The molecule has 3 aromatic rings. The normalized spacial score (nSPS) is 11.1. The van der Waals surface area contributed by atoms with Gasteiger partial charge in [-0.1, -0.05) is 58.8 Å². The first-order chi connectivity index (χ1) is 10.2. The maximum absolute atomic E-state index is 5.85. The van der Waals surface area contributed by atoms with Gasteiger partial charge in [0.1, 0.15) is 5.01 Å². The van der Waals surface area contributed by atoms with Crippen molar-refractivity contribution in [2.45, 2.75) is 6.92 Å². The zero-order valence-electron chi connectivity index (χ0n) is 11.3. The summed E-state index contributed by atoms with van der Waals surface area (Å²) in [6.45, 7) is 2.06. The number of rotatable bonds is 3. The van der Waals surface area contributed by atoms with Crippen LogP contribution in [0.2, 0.25) is 5.02 Å². The van der Waals surface area contributed by atoms with Gasteiger partial charge in [0.25, 0.3) is 0 Å². The van der Waals surface area contributed by atoms with Crippen LogP contribution in [0.25, 0.3) is 10.6 Å². The molecule has 0 amide bonds. The van der Waals surface area contributed by atoms with Gasteiger partial charge >= 0.3 is 0 Å². The van der Waals surface area contributed by atoms with Crippen molar-refractivity contribution in [2.75, 3.05) is 0 Å². The van der Waals surface area contributed by atoms with Crippen LogP contribution in [0.4, 0.5) is 5.13 Å². The molecule has 0 atom stereocenters.